The van der Waals surface area contributed by atoms with E-state index in [4.69, 9.17) is 11.6 Å². The van der Waals surface area contributed by atoms with Gasteiger partial charge in [0.25, 0.3) is 0 Å². The van der Waals surface area contributed by atoms with E-state index in [0.29, 0.717) is 24.3 Å². The highest BCUT2D eigenvalue weighted by atomic mass is 35.5. The van der Waals surface area contributed by atoms with Crippen LogP contribution < -0.4 is 0 Å². The number of aryl methyl sites for hydroxylation is 1. The molecule has 4 nitrogen and oxygen atoms in total. The number of benzene rings is 1. The van der Waals surface area contributed by atoms with E-state index < -0.39 is 9.84 Å². The summed E-state index contributed by atoms with van der Waals surface area (Å²) >= 11 is 5.81. The fourth-order valence-corrected chi connectivity index (χ4v) is 4.26. The van der Waals surface area contributed by atoms with Gasteiger partial charge in [-0.05, 0) is 30.5 Å². The van der Waals surface area contributed by atoms with Crippen LogP contribution in [0.25, 0.3) is 0 Å². The first kappa shape index (κ1) is 15.3. The molecule has 110 valence electrons. The van der Waals surface area contributed by atoms with Crippen molar-refractivity contribution in [3.05, 3.63) is 34.9 Å². The highest BCUT2D eigenvalue weighted by molar-refractivity contribution is 7.91. The Labute approximate surface area is 124 Å². The lowest BCUT2D eigenvalue weighted by Crippen LogP contribution is -2.37. The Morgan fingerprint density at radius 1 is 1.35 bits per heavy atom. The number of carbonyl (C=O) groups is 1. The van der Waals surface area contributed by atoms with E-state index in [-0.39, 0.29) is 23.5 Å². The van der Waals surface area contributed by atoms with Crippen LogP contribution in [0.5, 0.6) is 0 Å². The first-order valence-corrected chi connectivity index (χ1v) is 8.78. The molecule has 1 saturated heterocycles. The summed E-state index contributed by atoms with van der Waals surface area (Å²) in [4.78, 5) is 13.7. The number of hydrogen-bond acceptors (Lipinski definition) is 3. The number of sulfone groups is 1. The van der Waals surface area contributed by atoms with Gasteiger partial charge in [-0.2, -0.15) is 0 Å². The van der Waals surface area contributed by atoms with Crippen LogP contribution in [0, 0.1) is 0 Å². The van der Waals surface area contributed by atoms with Crippen molar-refractivity contribution in [1.82, 2.24) is 4.90 Å². The van der Waals surface area contributed by atoms with Crippen LogP contribution in [0.15, 0.2) is 24.3 Å². The first-order chi connectivity index (χ1) is 9.37. The number of rotatable bonds is 4. The molecule has 0 spiro atoms. The number of amides is 1. The molecule has 0 radical (unpaired) electrons. The molecule has 1 atom stereocenters. The first-order valence-electron chi connectivity index (χ1n) is 6.58. The van der Waals surface area contributed by atoms with Crippen LogP contribution in [-0.4, -0.2) is 43.8 Å². The molecule has 0 aliphatic carbocycles. The smallest absolute Gasteiger partial charge is 0.222 e. The summed E-state index contributed by atoms with van der Waals surface area (Å²) in [7, 11) is -1.26. The normalized spacial score (nSPS) is 20.8. The molecule has 1 heterocycles. The van der Waals surface area contributed by atoms with E-state index >= 15 is 0 Å². The minimum Gasteiger partial charge on any atom is -0.342 e. The van der Waals surface area contributed by atoms with Gasteiger partial charge in [-0.3, -0.25) is 4.79 Å². The topological polar surface area (TPSA) is 54.5 Å². The lowest BCUT2D eigenvalue weighted by molar-refractivity contribution is -0.131. The van der Waals surface area contributed by atoms with E-state index in [0.717, 1.165) is 5.56 Å². The highest BCUT2D eigenvalue weighted by Gasteiger charge is 2.32. The molecule has 0 bridgehead atoms. The molecule has 1 aliphatic heterocycles. The summed E-state index contributed by atoms with van der Waals surface area (Å²) in [5.74, 6) is 0.268. The van der Waals surface area contributed by atoms with Crippen molar-refractivity contribution in [2.24, 2.45) is 0 Å². The van der Waals surface area contributed by atoms with E-state index in [1.165, 1.54) is 0 Å². The van der Waals surface area contributed by atoms with Crippen LogP contribution in [0.3, 0.4) is 0 Å². The van der Waals surface area contributed by atoms with Crippen molar-refractivity contribution in [2.75, 3.05) is 18.6 Å². The number of carbonyl (C=O) groups excluding carboxylic acids is 1. The second-order valence-corrected chi connectivity index (χ2v) is 7.85. The molecule has 0 aromatic heterocycles. The average Bonchev–Trinajstić information content (AvgIpc) is 2.77. The van der Waals surface area contributed by atoms with Gasteiger partial charge in [0.2, 0.25) is 5.91 Å². The summed E-state index contributed by atoms with van der Waals surface area (Å²) in [5.41, 5.74) is 1.05. The van der Waals surface area contributed by atoms with Gasteiger partial charge < -0.3 is 4.90 Å². The van der Waals surface area contributed by atoms with Crippen molar-refractivity contribution in [3.63, 3.8) is 0 Å². The third-order valence-corrected chi connectivity index (χ3v) is 5.69. The zero-order valence-corrected chi connectivity index (χ0v) is 13.0. The Morgan fingerprint density at radius 3 is 2.55 bits per heavy atom. The molecule has 6 heteroatoms. The Hall–Kier alpha value is -1.07. The summed E-state index contributed by atoms with van der Waals surface area (Å²) < 4.78 is 22.9. The van der Waals surface area contributed by atoms with Gasteiger partial charge in [-0.15, -0.1) is 0 Å². The third-order valence-electron chi connectivity index (χ3n) is 3.69. The van der Waals surface area contributed by atoms with E-state index in [1.54, 1.807) is 24.1 Å². The predicted molar refractivity (Wildman–Crippen MR) is 79.6 cm³/mol. The summed E-state index contributed by atoms with van der Waals surface area (Å²) in [5, 5.41) is 0.674. The van der Waals surface area contributed by atoms with Gasteiger partial charge in [0.05, 0.1) is 11.5 Å². The average molecular weight is 316 g/mol. The van der Waals surface area contributed by atoms with Crippen molar-refractivity contribution in [1.29, 1.82) is 0 Å². The quantitative estimate of drug-likeness (QED) is 0.853. The fraction of sp³-hybridized carbons (Fsp3) is 0.500. The Kier molecular flexibility index (Phi) is 4.70. The van der Waals surface area contributed by atoms with Gasteiger partial charge in [0.15, 0.2) is 9.84 Å². The lowest BCUT2D eigenvalue weighted by atomic mass is 10.1. The second kappa shape index (κ2) is 6.14. The maximum absolute atomic E-state index is 12.1. The summed E-state index contributed by atoms with van der Waals surface area (Å²) in [6.45, 7) is 0. The Morgan fingerprint density at radius 2 is 2.00 bits per heavy atom. The number of hydrogen-bond donors (Lipinski definition) is 0. The molecule has 1 aromatic rings. The van der Waals surface area contributed by atoms with E-state index in [1.807, 2.05) is 12.1 Å². The molecular weight excluding hydrogens is 298 g/mol. The number of nitrogens with zero attached hydrogens (tertiary/aromatic N) is 1. The van der Waals surface area contributed by atoms with Gasteiger partial charge in [-0.1, -0.05) is 23.7 Å². The fourth-order valence-electron chi connectivity index (χ4n) is 2.36. The highest BCUT2D eigenvalue weighted by Crippen LogP contribution is 2.18. The lowest BCUT2D eigenvalue weighted by Gasteiger charge is -2.23. The van der Waals surface area contributed by atoms with Gasteiger partial charge in [-0.25, -0.2) is 8.42 Å². The molecule has 2 rings (SSSR count). The predicted octanol–water partition coefficient (Wildman–Crippen LogP) is 1.92. The third kappa shape index (κ3) is 3.96. The zero-order valence-electron chi connectivity index (χ0n) is 11.4. The van der Waals surface area contributed by atoms with Crippen molar-refractivity contribution >= 4 is 27.3 Å². The minimum atomic E-state index is -2.95. The maximum atomic E-state index is 12.1. The van der Waals surface area contributed by atoms with Gasteiger partial charge >= 0.3 is 0 Å². The standard InChI is InChI=1S/C14H18ClNO3S/c1-16(13-8-9-20(18,19)10-13)14(17)7-4-11-2-5-12(15)6-3-11/h2-3,5-6,13H,4,7-10H2,1H3. The molecule has 1 amide bonds. The van der Waals surface area contributed by atoms with E-state index in [9.17, 15) is 13.2 Å². The van der Waals surface area contributed by atoms with Crippen LogP contribution >= 0.6 is 11.6 Å². The maximum Gasteiger partial charge on any atom is 0.222 e. The molecule has 20 heavy (non-hydrogen) atoms. The van der Waals surface area contributed by atoms with Crippen molar-refractivity contribution in [2.45, 2.75) is 25.3 Å². The van der Waals surface area contributed by atoms with Crippen LogP contribution in [0.2, 0.25) is 5.02 Å². The summed E-state index contributed by atoms with van der Waals surface area (Å²) in [6.07, 6.45) is 1.57. The van der Waals surface area contributed by atoms with Gasteiger partial charge in [0.1, 0.15) is 0 Å². The van der Waals surface area contributed by atoms with Crippen LogP contribution in [-0.2, 0) is 21.1 Å². The van der Waals surface area contributed by atoms with Crippen LogP contribution in [0.4, 0.5) is 0 Å². The molecule has 0 N–H and O–H groups in total. The van der Waals surface area contributed by atoms with Crippen molar-refractivity contribution < 1.29 is 13.2 Å². The molecule has 1 fully saturated rings. The van der Waals surface area contributed by atoms with Crippen molar-refractivity contribution in [3.8, 4) is 0 Å². The zero-order chi connectivity index (χ0) is 14.8. The molecule has 0 saturated carbocycles. The molecule has 1 unspecified atom stereocenters. The number of halogens is 1. The second-order valence-electron chi connectivity index (χ2n) is 5.19. The monoisotopic (exact) mass is 315 g/mol. The Bertz CT molecular complexity index is 583. The van der Waals surface area contributed by atoms with Crippen LogP contribution in [0.1, 0.15) is 18.4 Å². The SMILES string of the molecule is CN(C(=O)CCc1ccc(Cl)cc1)C1CCS(=O)(=O)C1. The molecule has 1 aliphatic rings. The largest absolute Gasteiger partial charge is 0.342 e. The molecular formula is C14H18ClNO3S. The van der Waals surface area contributed by atoms with E-state index in [2.05, 4.69) is 0 Å². The molecule has 1 aromatic carbocycles. The van der Waals surface area contributed by atoms with Gasteiger partial charge in [0, 0.05) is 24.5 Å². The summed E-state index contributed by atoms with van der Waals surface area (Å²) in [6, 6.07) is 7.23. The Balaban J connectivity index is 1.87. The minimum absolute atomic E-state index is 0.0120.